The topological polar surface area (TPSA) is 91.4 Å². The van der Waals surface area contributed by atoms with Crippen molar-refractivity contribution in [3.05, 3.63) is 107 Å². The molecule has 0 atom stereocenters. The summed E-state index contributed by atoms with van der Waals surface area (Å²) >= 11 is 7.75. The van der Waals surface area contributed by atoms with Crippen molar-refractivity contribution in [3.8, 4) is 28.8 Å². The summed E-state index contributed by atoms with van der Waals surface area (Å²) in [5.41, 5.74) is 3.21. The van der Waals surface area contributed by atoms with Crippen molar-refractivity contribution in [1.29, 1.82) is 0 Å². The van der Waals surface area contributed by atoms with Crippen LogP contribution < -0.4 is 14.8 Å². The van der Waals surface area contributed by atoms with Gasteiger partial charge in [-0.05, 0) is 59.7 Å². The fraction of sp³-hybridized carbons (Fsp3) is 0.107. The highest BCUT2D eigenvalue weighted by atomic mass is 35.5. The second-order valence-corrected chi connectivity index (χ2v) is 9.79. The number of carbonyl (C=O) groups is 1. The zero-order chi connectivity index (χ0) is 25.9. The molecule has 3 heterocycles. The molecule has 10 heteroatoms. The molecule has 0 bridgehead atoms. The van der Waals surface area contributed by atoms with E-state index < -0.39 is 0 Å². The molecule has 0 aliphatic carbocycles. The number of furan rings is 1. The second-order valence-electron chi connectivity index (χ2n) is 8.41. The van der Waals surface area contributed by atoms with E-state index in [-0.39, 0.29) is 12.7 Å². The van der Waals surface area contributed by atoms with Crippen LogP contribution in [0.5, 0.6) is 11.5 Å². The Morgan fingerprint density at radius 1 is 0.974 bits per heavy atom. The number of ether oxygens (including phenoxy) is 2. The van der Waals surface area contributed by atoms with Crippen LogP contribution in [-0.4, -0.2) is 27.5 Å². The van der Waals surface area contributed by atoms with Crippen LogP contribution in [0.2, 0.25) is 5.02 Å². The fourth-order valence-electron chi connectivity index (χ4n) is 4.12. The van der Waals surface area contributed by atoms with Crippen molar-refractivity contribution in [1.82, 2.24) is 20.1 Å². The van der Waals surface area contributed by atoms with Crippen molar-refractivity contribution in [2.45, 2.75) is 17.5 Å². The molecule has 1 aliphatic heterocycles. The number of rotatable bonds is 8. The molecule has 0 spiro atoms. The number of carbonyl (C=O) groups excluding carboxylic acids is 1. The predicted octanol–water partition coefficient (Wildman–Crippen LogP) is 6.13. The molecule has 190 valence electrons. The SMILES string of the molecule is O=C(NCc1ccc2c(c1)OCO2)c1ccccc1CSc1nnc(-c2ccco2)n1-c1cccc(Cl)c1. The summed E-state index contributed by atoms with van der Waals surface area (Å²) in [5.74, 6) is 2.90. The fourth-order valence-corrected chi connectivity index (χ4v) is 5.26. The number of thioether (sulfide) groups is 1. The predicted molar refractivity (Wildman–Crippen MR) is 144 cm³/mol. The van der Waals surface area contributed by atoms with Crippen LogP contribution in [0.1, 0.15) is 21.5 Å². The third kappa shape index (κ3) is 4.98. The zero-order valence-electron chi connectivity index (χ0n) is 20.0. The lowest BCUT2D eigenvalue weighted by atomic mass is 10.1. The van der Waals surface area contributed by atoms with Crippen LogP contribution in [0.25, 0.3) is 17.3 Å². The maximum absolute atomic E-state index is 13.1. The number of fused-ring (bicyclic) bond motifs is 1. The average Bonchev–Trinajstić information content (AvgIpc) is 3.71. The largest absolute Gasteiger partial charge is 0.461 e. The Morgan fingerprint density at radius 2 is 1.87 bits per heavy atom. The normalized spacial score (nSPS) is 12.0. The van der Waals surface area contributed by atoms with E-state index in [2.05, 4.69) is 15.5 Å². The van der Waals surface area contributed by atoms with E-state index in [1.807, 2.05) is 77.4 Å². The smallest absolute Gasteiger partial charge is 0.251 e. The van der Waals surface area contributed by atoms with E-state index in [1.165, 1.54) is 11.8 Å². The van der Waals surface area contributed by atoms with Gasteiger partial charge in [0.15, 0.2) is 22.4 Å². The maximum Gasteiger partial charge on any atom is 0.251 e. The highest BCUT2D eigenvalue weighted by Gasteiger charge is 2.20. The van der Waals surface area contributed by atoms with E-state index in [0.717, 1.165) is 16.8 Å². The Morgan fingerprint density at radius 3 is 2.74 bits per heavy atom. The van der Waals surface area contributed by atoms with Gasteiger partial charge in [0.2, 0.25) is 12.6 Å². The Kier molecular flexibility index (Phi) is 6.76. The quantitative estimate of drug-likeness (QED) is 0.235. The molecule has 1 aliphatic rings. The van der Waals surface area contributed by atoms with Crippen molar-refractivity contribution < 1.29 is 18.7 Å². The number of nitrogens with zero attached hydrogens (tertiary/aromatic N) is 3. The summed E-state index contributed by atoms with van der Waals surface area (Å²) in [5, 5.41) is 13.1. The lowest BCUT2D eigenvalue weighted by Gasteiger charge is -2.12. The molecule has 6 rings (SSSR count). The van der Waals surface area contributed by atoms with Gasteiger partial charge in [-0.25, -0.2) is 0 Å². The van der Waals surface area contributed by atoms with E-state index in [0.29, 0.717) is 51.1 Å². The number of amides is 1. The number of nitrogens with one attached hydrogen (secondary N) is 1. The zero-order valence-corrected chi connectivity index (χ0v) is 21.5. The molecule has 8 nitrogen and oxygen atoms in total. The third-order valence-corrected chi connectivity index (χ3v) is 7.16. The van der Waals surface area contributed by atoms with Crippen LogP contribution in [-0.2, 0) is 12.3 Å². The van der Waals surface area contributed by atoms with Crippen LogP contribution >= 0.6 is 23.4 Å². The number of hydrogen-bond acceptors (Lipinski definition) is 7. The summed E-state index contributed by atoms with van der Waals surface area (Å²) in [6, 6.07) is 24.3. The standard InChI is InChI=1S/C28H21ClN4O4S/c29-20-6-3-7-21(14-20)33-26(24-9-4-12-35-24)31-32-28(33)38-16-19-5-1-2-8-22(19)27(34)30-15-18-10-11-23-25(13-18)37-17-36-23/h1-14H,15-17H2,(H,30,34). The first-order valence-corrected chi connectivity index (χ1v) is 13.1. The van der Waals surface area contributed by atoms with Gasteiger partial charge in [0.1, 0.15) is 0 Å². The number of benzene rings is 3. The summed E-state index contributed by atoms with van der Waals surface area (Å²) < 4.78 is 18.3. The van der Waals surface area contributed by atoms with Crippen molar-refractivity contribution in [2.24, 2.45) is 0 Å². The van der Waals surface area contributed by atoms with E-state index >= 15 is 0 Å². The first kappa shape index (κ1) is 24.1. The minimum Gasteiger partial charge on any atom is -0.461 e. The lowest BCUT2D eigenvalue weighted by molar-refractivity contribution is 0.0950. The van der Waals surface area contributed by atoms with Crippen molar-refractivity contribution in [3.63, 3.8) is 0 Å². The Labute approximate surface area is 227 Å². The summed E-state index contributed by atoms with van der Waals surface area (Å²) in [4.78, 5) is 13.1. The van der Waals surface area contributed by atoms with Crippen LogP contribution in [0, 0.1) is 0 Å². The second kappa shape index (κ2) is 10.6. The minimum atomic E-state index is -0.161. The minimum absolute atomic E-state index is 0.161. The number of aromatic nitrogens is 3. The molecule has 38 heavy (non-hydrogen) atoms. The molecular weight excluding hydrogens is 524 g/mol. The number of halogens is 1. The summed E-state index contributed by atoms with van der Waals surface area (Å²) in [6.45, 7) is 0.580. The molecule has 0 saturated carbocycles. The molecule has 2 aromatic heterocycles. The maximum atomic E-state index is 13.1. The van der Waals surface area contributed by atoms with Gasteiger partial charge in [0, 0.05) is 22.9 Å². The van der Waals surface area contributed by atoms with Gasteiger partial charge in [-0.2, -0.15) is 0 Å². The lowest BCUT2D eigenvalue weighted by Crippen LogP contribution is -2.23. The molecule has 0 unspecified atom stereocenters. The Balaban J connectivity index is 1.21. The molecule has 0 fully saturated rings. The Hall–Kier alpha value is -4.21. The molecule has 3 aromatic carbocycles. The average molecular weight is 545 g/mol. The monoisotopic (exact) mass is 544 g/mol. The first-order valence-electron chi connectivity index (χ1n) is 11.8. The van der Waals surface area contributed by atoms with Crippen LogP contribution in [0.15, 0.2) is 94.7 Å². The van der Waals surface area contributed by atoms with Gasteiger partial charge in [-0.15, -0.1) is 10.2 Å². The van der Waals surface area contributed by atoms with Gasteiger partial charge < -0.3 is 19.2 Å². The summed E-state index contributed by atoms with van der Waals surface area (Å²) in [6.07, 6.45) is 1.59. The van der Waals surface area contributed by atoms with Crippen LogP contribution in [0.3, 0.4) is 0 Å². The van der Waals surface area contributed by atoms with Gasteiger partial charge in [-0.1, -0.05) is 53.7 Å². The molecule has 1 amide bonds. The first-order chi connectivity index (χ1) is 18.7. The number of hydrogen-bond donors (Lipinski definition) is 1. The molecule has 0 radical (unpaired) electrons. The van der Waals surface area contributed by atoms with Gasteiger partial charge in [0.05, 0.1) is 12.0 Å². The van der Waals surface area contributed by atoms with Crippen molar-refractivity contribution >= 4 is 29.3 Å². The molecule has 1 N–H and O–H groups in total. The molecule has 0 saturated heterocycles. The summed E-state index contributed by atoms with van der Waals surface area (Å²) in [7, 11) is 0. The van der Waals surface area contributed by atoms with E-state index in [1.54, 1.807) is 12.3 Å². The van der Waals surface area contributed by atoms with E-state index in [9.17, 15) is 4.79 Å². The van der Waals surface area contributed by atoms with E-state index in [4.69, 9.17) is 25.5 Å². The highest BCUT2D eigenvalue weighted by molar-refractivity contribution is 7.98. The third-order valence-electron chi connectivity index (χ3n) is 5.95. The molecule has 5 aromatic rings. The molecular formula is C28H21ClN4O4S. The van der Waals surface area contributed by atoms with Gasteiger partial charge >= 0.3 is 0 Å². The van der Waals surface area contributed by atoms with Gasteiger partial charge in [0.25, 0.3) is 5.91 Å². The Bertz CT molecular complexity index is 1600. The van der Waals surface area contributed by atoms with Gasteiger partial charge in [-0.3, -0.25) is 9.36 Å². The van der Waals surface area contributed by atoms with Crippen LogP contribution in [0.4, 0.5) is 0 Å². The highest BCUT2D eigenvalue weighted by Crippen LogP contribution is 2.33. The van der Waals surface area contributed by atoms with Crippen molar-refractivity contribution in [2.75, 3.05) is 6.79 Å².